The van der Waals surface area contributed by atoms with E-state index in [0.717, 1.165) is 12.0 Å². The van der Waals surface area contributed by atoms with Crippen LogP contribution in [0.15, 0.2) is 42.5 Å². The van der Waals surface area contributed by atoms with Crippen LogP contribution in [0.2, 0.25) is 15.1 Å². The molecule has 0 heterocycles. The summed E-state index contributed by atoms with van der Waals surface area (Å²) in [6.45, 7) is 4.37. The lowest BCUT2D eigenvalue weighted by Gasteiger charge is -2.29. The van der Waals surface area contributed by atoms with Crippen molar-refractivity contribution in [1.82, 2.24) is 10.2 Å². The number of amides is 2. The molecule has 0 saturated heterocycles. The van der Waals surface area contributed by atoms with Gasteiger partial charge in [0.25, 0.3) is 0 Å². The molecule has 0 saturated carbocycles. The summed E-state index contributed by atoms with van der Waals surface area (Å²) in [6.07, 6.45) is 0.957. The van der Waals surface area contributed by atoms with E-state index in [9.17, 15) is 9.59 Å². The minimum Gasteiger partial charge on any atom is -0.354 e. The highest BCUT2D eigenvalue weighted by molar-refractivity contribution is 6.36. The summed E-state index contributed by atoms with van der Waals surface area (Å²) in [6, 6.07) is 11.6. The Morgan fingerprint density at radius 3 is 2.21 bits per heavy atom. The van der Waals surface area contributed by atoms with E-state index in [2.05, 4.69) is 5.32 Å². The molecule has 7 heteroatoms. The van der Waals surface area contributed by atoms with Crippen molar-refractivity contribution in [2.45, 2.75) is 39.3 Å². The van der Waals surface area contributed by atoms with E-state index >= 15 is 0 Å². The van der Waals surface area contributed by atoms with Gasteiger partial charge in [0.1, 0.15) is 6.04 Å². The third-order valence-electron chi connectivity index (χ3n) is 4.38. The third kappa shape index (κ3) is 6.13. The first-order valence-electron chi connectivity index (χ1n) is 9.08. The van der Waals surface area contributed by atoms with Gasteiger partial charge in [-0.3, -0.25) is 9.59 Å². The summed E-state index contributed by atoms with van der Waals surface area (Å²) < 4.78 is 0. The minimum atomic E-state index is -0.668. The fourth-order valence-corrected chi connectivity index (χ4v) is 3.35. The van der Waals surface area contributed by atoms with Crippen LogP contribution in [-0.4, -0.2) is 29.3 Å². The second-order valence-electron chi connectivity index (χ2n) is 6.49. The van der Waals surface area contributed by atoms with Gasteiger partial charge in [0, 0.05) is 33.7 Å². The fourth-order valence-electron chi connectivity index (χ4n) is 2.71. The molecular formula is C21H23Cl3N2O2. The number of rotatable bonds is 8. The Morgan fingerprint density at radius 1 is 1.04 bits per heavy atom. The van der Waals surface area contributed by atoms with Gasteiger partial charge in [-0.1, -0.05) is 59.9 Å². The second kappa shape index (κ2) is 10.7. The number of hydrogen-bond donors (Lipinski definition) is 1. The molecule has 0 aromatic heterocycles. The summed E-state index contributed by atoms with van der Waals surface area (Å²) in [5, 5.41) is 4.35. The summed E-state index contributed by atoms with van der Waals surface area (Å²) in [5.74, 6) is -0.410. The van der Waals surface area contributed by atoms with E-state index in [4.69, 9.17) is 34.8 Å². The Hall–Kier alpha value is -1.75. The molecule has 0 aliphatic heterocycles. The quantitative estimate of drug-likeness (QED) is 0.617. The zero-order valence-electron chi connectivity index (χ0n) is 15.8. The Bertz CT molecular complexity index is 805. The fraction of sp³-hybridized carbons (Fsp3) is 0.333. The van der Waals surface area contributed by atoms with Gasteiger partial charge in [0.05, 0.1) is 6.42 Å². The van der Waals surface area contributed by atoms with Crippen LogP contribution < -0.4 is 5.32 Å². The van der Waals surface area contributed by atoms with Crippen LogP contribution in [0.1, 0.15) is 31.4 Å². The second-order valence-corrected chi connectivity index (χ2v) is 7.74. The first-order valence-corrected chi connectivity index (χ1v) is 10.2. The molecule has 28 heavy (non-hydrogen) atoms. The first kappa shape index (κ1) is 22.5. The van der Waals surface area contributed by atoms with Gasteiger partial charge in [0.2, 0.25) is 11.8 Å². The highest BCUT2D eigenvalue weighted by Crippen LogP contribution is 2.27. The van der Waals surface area contributed by atoms with E-state index in [0.29, 0.717) is 27.2 Å². The predicted molar refractivity (Wildman–Crippen MR) is 115 cm³/mol. The van der Waals surface area contributed by atoms with Crippen molar-refractivity contribution < 1.29 is 9.59 Å². The molecule has 2 aromatic rings. The molecule has 0 aliphatic rings. The average molecular weight is 442 g/mol. The number of nitrogens with one attached hydrogen (secondary N) is 1. The maximum atomic E-state index is 13.1. The lowest BCUT2D eigenvalue weighted by atomic mass is 10.1. The van der Waals surface area contributed by atoms with Crippen LogP contribution in [0.5, 0.6) is 0 Å². The Kier molecular flexibility index (Phi) is 8.61. The van der Waals surface area contributed by atoms with Gasteiger partial charge in [-0.2, -0.15) is 0 Å². The van der Waals surface area contributed by atoms with Crippen LogP contribution in [0.3, 0.4) is 0 Å². The number of carbonyl (C=O) groups excluding carboxylic acids is 2. The lowest BCUT2D eigenvalue weighted by Crippen LogP contribution is -2.48. The summed E-state index contributed by atoms with van der Waals surface area (Å²) in [7, 11) is 0. The normalized spacial score (nSPS) is 11.8. The smallest absolute Gasteiger partial charge is 0.242 e. The van der Waals surface area contributed by atoms with Crippen molar-refractivity contribution in [3.8, 4) is 0 Å². The largest absolute Gasteiger partial charge is 0.354 e. The third-order valence-corrected chi connectivity index (χ3v) is 5.34. The van der Waals surface area contributed by atoms with Gasteiger partial charge in [-0.25, -0.2) is 0 Å². The standard InChI is InChI=1S/C21H23Cl3N2O2/c1-3-11-25-21(28)14(2)26(13-17-18(23)5-4-6-19(17)24)20(27)12-15-7-9-16(22)10-8-15/h4-10,14H,3,11-13H2,1-2H3,(H,25,28)/t14-/m1/s1. The van der Waals surface area contributed by atoms with Crippen LogP contribution in [0.25, 0.3) is 0 Å². The van der Waals surface area contributed by atoms with Crippen molar-refractivity contribution in [2.24, 2.45) is 0 Å². The molecule has 4 nitrogen and oxygen atoms in total. The molecule has 2 rings (SSSR count). The first-order chi connectivity index (χ1) is 13.3. The van der Waals surface area contributed by atoms with E-state index in [1.165, 1.54) is 4.90 Å². The molecule has 0 bridgehead atoms. The summed E-state index contributed by atoms with van der Waals surface area (Å²) in [5.41, 5.74) is 1.43. The van der Waals surface area contributed by atoms with E-state index in [-0.39, 0.29) is 24.8 Å². The number of halogens is 3. The van der Waals surface area contributed by atoms with Gasteiger partial charge in [-0.05, 0) is 43.2 Å². The summed E-state index contributed by atoms with van der Waals surface area (Å²) >= 11 is 18.5. The maximum Gasteiger partial charge on any atom is 0.242 e. The molecule has 0 aliphatic carbocycles. The topological polar surface area (TPSA) is 49.4 Å². The highest BCUT2D eigenvalue weighted by Gasteiger charge is 2.27. The van der Waals surface area contributed by atoms with Gasteiger partial charge in [0.15, 0.2) is 0 Å². The molecule has 1 N–H and O–H groups in total. The van der Waals surface area contributed by atoms with E-state index < -0.39 is 6.04 Å². The Labute approximate surface area is 180 Å². The highest BCUT2D eigenvalue weighted by atomic mass is 35.5. The van der Waals surface area contributed by atoms with Crippen LogP contribution in [-0.2, 0) is 22.6 Å². The minimum absolute atomic E-state index is 0.143. The van der Waals surface area contributed by atoms with Gasteiger partial charge in [-0.15, -0.1) is 0 Å². The Morgan fingerprint density at radius 2 is 1.64 bits per heavy atom. The van der Waals surface area contributed by atoms with Crippen molar-refractivity contribution in [3.63, 3.8) is 0 Å². The molecule has 0 radical (unpaired) electrons. The molecule has 2 aromatic carbocycles. The van der Waals surface area contributed by atoms with Crippen molar-refractivity contribution in [2.75, 3.05) is 6.54 Å². The van der Waals surface area contributed by atoms with Gasteiger partial charge < -0.3 is 10.2 Å². The molecule has 0 fully saturated rings. The zero-order chi connectivity index (χ0) is 20.7. The van der Waals surface area contributed by atoms with Crippen LogP contribution in [0.4, 0.5) is 0 Å². The Balaban J connectivity index is 2.27. The summed E-state index contributed by atoms with van der Waals surface area (Å²) in [4.78, 5) is 27.1. The number of carbonyl (C=O) groups is 2. The molecule has 0 spiro atoms. The molecule has 1 atom stereocenters. The number of benzene rings is 2. The van der Waals surface area contributed by atoms with Crippen molar-refractivity contribution >= 4 is 46.6 Å². The number of nitrogens with zero attached hydrogens (tertiary/aromatic N) is 1. The molecule has 0 unspecified atom stereocenters. The van der Waals surface area contributed by atoms with E-state index in [1.54, 1.807) is 49.4 Å². The monoisotopic (exact) mass is 440 g/mol. The van der Waals surface area contributed by atoms with Crippen LogP contribution >= 0.6 is 34.8 Å². The van der Waals surface area contributed by atoms with Crippen molar-refractivity contribution in [3.05, 3.63) is 68.7 Å². The maximum absolute atomic E-state index is 13.1. The lowest BCUT2D eigenvalue weighted by molar-refractivity contribution is -0.140. The SMILES string of the molecule is CCCNC(=O)[C@@H](C)N(Cc1c(Cl)cccc1Cl)C(=O)Cc1ccc(Cl)cc1. The van der Waals surface area contributed by atoms with E-state index in [1.807, 2.05) is 6.92 Å². The zero-order valence-corrected chi connectivity index (χ0v) is 18.1. The van der Waals surface area contributed by atoms with Gasteiger partial charge >= 0.3 is 0 Å². The molecular weight excluding hydrogens is 419 g/mol. The van der Waals surface area contributed by atoms with Crippen molar-refractivity contribution in [1.29, 1.82) is 0 Å². The average Bonchev–Trinajstić information content (AvgIpc) is 2.67. The predicted octanol–water partition coefficient (Wildman–Crippen LogP) is 5.13. The van der Waals surface area contributed by atoms with Crippen LogP contribution in [0, 0.1) is 0 Å². The number of hydrogen-bond acceptors (Lipinski definition) is 2. The molecule has 2 amide bonds. The molecule has 150 valence electrons.